The fourth-order valence-electron chi connectivity index (χ4n) is 2.43. The minimum Gasteiger partial charge on any atom is -0.310 e. The number of hydrogen-bond donors (Lipinski definition) is 1. The van der Waals surface area contributed by atoms with Gasteiger partial charge in [-0.15, -0.1) is 0 Å². The molecule has 0 spiro atoms. The fourth-order valence-corrected chi connectivity index (χ4v) is 3.79. The summed E-state index contributed by atoms with van der Waals surface area (Å²) in [4.78, 5) is 2.30. The molecule has 0 aromatic carbocycles. The van der Waals surface area contributed by atoms with E-state index in [-0.39, 0.29) is 5.54 Å². The second-order valence-corrected chi connectivity index (χ2v) is 7.93. The molecule has 0 aromatic rings. The Balaban J connectivity index is 2.50. The molecule has 1 heterocycles. The van der Waals surface area contributed by atoms with Crippen molar-refractivity contribution in [2.75, 3.05) is 37.7 Å². The summed E-state index contributed by atoms with van der Waals surface area (Å²) in [5.41, 5.74) is 0.130. The van der Waals surface area contributed by atoms with Crippen molar-refractivity contribution in [3.05, 3.63) is 0 Å². The number of nitrogens with zero attached hydrogens (tertiary/aromatic N) is 1. The van der Waals surface area contributed by atoms with Crippen molar-refractivity contribution in [1.82, 2.24) is 10.2 Å². The molecule has 5 heteroatoms. The van der Waals surface area contributed by atoms with Crippen LogP contribution >= 0.6 is 0 Å². The minimum absolute atomic E-state index is 0.130. The first-order valence-corrected chi connectivity index (χ1v) is 8.91. The number of hydrogen-bond acceptors (Lipinski definition) is 4. The van der Waals surface area contributed by atoms with Gasteiger partial charge in [-0.05, 0) is 39.3 Å². The molecule has 18 heavy (non-hydrogen) atoms. The van der Waals surface area contributed by atoms with Crippen molar-refractivity contribution < 1.29 is 8.42 Å². The summed E-state index contributed by atoms with van der Waals surface area (Å²) in [5.74, 6) is 0.630. The average molecular weight is 276 g/mol. The lowest BCUT2D eigenvalue weighted by molar-refractivity contribution is 0.224. The maximum atomic E-state index is 11.7. The Hall–Kier alpha value is -0.130. The Kier molecular flexibility index (Phi) is 6.08. The molecule has 1 aliphatic heterocycles. The van der Waals surface area contributed by atoms with Gasteiger partial charge in [-0.25, -0.2) is 8.42 Å². The summed E-state index contributed by atoms with van der Waals surface area (Å²) in [6.45, 7) is 10.00. The molecular formula is C13H28N2O2S. The normalized spacial score (nSPS) is 27.1. The Morgan fingerprint density at radius 1 is 1.28 bits per heavy atom. The maximum Gasteiger partial charge on any atom is 0.151 e. The summed E-state index contributed by atoms with van der Waals surface area (Å²) in [5, 5.41) is 3.57. The van der Waals surface area contributed by atoms with E-state index < -0.39 is 9.84 Å². The van der Waals surface area contributed by atoms with Crippen LogP contribution in [-0.4, -0.2) is 56.5 Å². The monoisotopic (exact) mass is 276 g/mol. The van der Waals surface area contributed by atoms with Crippen LogP contribution in [-0.2, 0) is 9.84 Å². The molecule has 0 radical (unpaired) electrons. The lowest BCUT2D eigenvalue weighted by Gasteiger charge is -2.32. The standard InChI is InChI=1S/C13H28N2O2S/c1-4-10-18(16,17)11-9-15-8-6-7-14-13(3,5-2)12-15/h14H,4-12H2,1-3H3. The van der Waals surface area contributed by atoms with Gasteiger partial charge in [0.25, 0.3) is 0 Å². The molecule has 0 bridgehead atoms. The predicted molar refractivity (Wildman–Crippen MR) is 76.7 cm³/mol. The molecule has 1 fully saturated rings. The van der Waals surface area contributed by atoms with Gasteiger partial charge in [0.1, 0.15) is 0 Å². The zero-order valence-electron chi connectivity index (χ0n) is 12.0. The molecule has 0 amide bonds. The van der Waals surface area contributed by atoms with Crippen LogP contribution in [0, 0.1) is 0 Å². The number of rotatable bonds is 6. The van der Waals surface area contributed by atoms with Crippen LogP contribution in [0.25, 0.3) is 0 Å². The van der Waals surface area contributed by atoms with E-state index in [1.807, 2.05) is 6.92 Å². The highest BCUT2D eigenvalue weighted by Gasteiger charge is 2.27. The summed E-state index contributed by atoms with van der Waals surface area (Å²) < 4.78 is 23.5. The molecule has 4 nitrogen and oxygen atoms in total. The molecule has 1 aliphatic rings. The van der Waals surface area contributed by atoms with Crippen molar-refractivity contribution in [2.24, 2.45) is 0 Å². The molecule has 1 N–H and O–H groups in total. The lowest BCUT2D eigenvalue weighted by Crippen LogP contribution is -2.49. The third kappa shape index (κ3) is 5.24. The zero-order valence-corrected chi connectivity index (χ0v) is 12.9. The van der Waals surface area contributed by atoms with E-state index in [4.69, 9.17) is 0 Å². The third-order valence-electron chi connectivity index (χ3n) is 3.79. The van der Waals surface area contributed by atoms with E-state index in [0.29, 0.717) is 18.1 Å². The van der Waals surface area contributed by atoms with E-state index >= 15 is 0 Å². The van der Waals surface area contributed by atoms with E-state index in [1.54, 1.807) is 0 Å². The van der Waals surface area contributed by atoms with Gasteiger partial charge in [-0.2, -0.15) is 0 Å². The van der Waals surface area contributed by atoms with Crippen molar-refractivity contribution >= 4 is 9.84 Å². The second kappa shape index (κ2) is 6.87. The predicted octanol–water partition coefficient (Wildman–Crippen LogP) is 1.28. The zero-order chi connectivity index (χ0) is 13.6. The maximum absolute atomic E-state index is 11.7. The van der Waals surface area contributed by atoms with Crippen molar-refractivity contribution in [3.8, 4) is 0 Å². The van der Waals surface area contributed by atoms with E-state index in [2.05, 4.69) is 24.1 Å². The quantitative estimate of drug-likeness (QED) is 0.794. The van der Waals surface area contributed by atoms with Crippen LogP contribution in [0.4, 0.5) is 0 Å². The SMILES string of the molecule is CCCS(=O)(=O)CCN1CCCNC(C)(CC)C1. The van der Waals surface area contributed by atoms with Crippen LogP contribution < -0.4 is 5.32 Å². The summed E-state index contributed by atoms with van der Waals surface area (Å²) in [7, 11) is -2.85. The van der Waals surface area contributed by atoms with Gasteiger partial charge >= 0.3 is 0 Å². The van der Waals surface area contributed by atoms with Crippen LogP contribution in [0.15, 0.2) is 0 Å². The van der Waals surface area contributed by atoms with Gasteiger partial charge in [-0.1, -0.05) is 13.8 Å². The molecular weight excluding hydrogens is 248 g/mol. The Morgan fingerprint density at radius 2 is 2.00 bits per heavy atom. The Morgan fingerprint density at radius 3 is 2.61 bits per heavy atom. The molecule has 1 rings (SSSR count). The fraction of sp³-hybridized carbons (Fsp3) is 1.00. The first-order valence-electron chi connectivity index (χ1n) is 7.08. The Bertz CT molecular complexity index is 343. The van der Waals surface area contributed by atoms with Crippen molar-refractivity contribution in [3.63, 3.8) is 0 Å². The van der Waals surface area contributed by atoms with Crippen LogP contribution in [0.2, 0.25) is 0 Å². The van der Waals surface area contributed by atoms with E-state index in [9.17, 15) is 8.42 Å². The average Bonchev–Trinajstić information content (AvgIpc) is 2.49. The second-order valence-electron chi connectivity index (χ2n) is 5.62. The van der Waals surface area contributed by atoms with Gasteiger partial charge in [0, 0.05) is 24.4 Å². The van der Waals surface area contributed by atoms with E-state index in [0.717, 1.165) is 38.9 Å². The Labute approximate surface area is 112 Å². The molecule has 0 aromatic heterocycles. The van der Waals surface area contributed by atoms with Gasteiger partial charge in [0.2, 0.25) is 0 Å². The number of nitrogens with one attached hydrogen (secondary N) is 1. The molecule has 108 valence electrons. The topological polar surface area (TPSA) is 49.4 Å². The summed E-state index contributed by atoms with van der Waals surface area (Å²) >= 11 is 0. The van der Waals surface area contributed by atoms with E-state index in [1.165, 1.54) is 0 Å². The lowest BCUT2D eigenvalue weighted by atomic mass is 9.99. The van der Waals surface area contributed by atoms with Crippen LogP contribution in [0.5, 0.6) is 0 Å². The molecule has 0 aliphatic carbocycles. The number of sulfone groups is 1. The molecule has 1 saturated heterocycles. The minimum atomic E-state index is -2.85. The van der Waals surface area contributed by atoms with Crippen molar-refractivity contribution in [1.29, 1.82) is 0 Å². The molecule has 1 unspecified atom stereocenters. The largest absolute Gasteiger partial charge is 0.310 e. The van der Waals surface area contributed by atoms with Crippen molar-refractivity contribution in [2.45, 2.75) is 45.6 Å². The third-order valence-corrected chi connectivity index (χ3v) is 5.62. The smallest absolute Gasteiger partial charge is 0.151 e. The highest BCUT2D eigenvalue weighted by atomic mass is 32.2. The summed E-state index contributed by atoms with van der Waals surface area (Å²) in [6, 6.07) is 0. The first-order chi connectivity index (χ1) is 8.41. The van der Waals surface area contributed by atoms with Crippen LogP contribution in [0.3, 0.4) is 0 Å². The van der Waals surface area contributed by atoms with Gasteiger partial charge < -0.3 is 10.2 Å². The first kappa shape index (κ1) is 15.9. The summed E-state index contributed by atoms with van der Waals surface area (Å²) in [6.07, 6.45) is 2.89. The van der Waals surface area contributed by atoms with Crippen LogP contribution in [0.1, 0.15) is 40.0 Å². The van der Waals surface area contributed by atoms with Gasteiger partial charge in [0.05, 0.1) is 5.75 Å². The highest BCUT2D eigenvalue weighted by Crippen LogP contribution is 2.15. The molecule has 1 atom stereocenters. The highest BCUT2D eigenvalue weighted by molar-refractivity contribution is 7.91. The van der Waals surface area contributed by atoms with Gasteiger partial charge in [-0.3, -0.25) is 0 Å². The van der Waals surface area contributed by atoms with Gasteiger partial charge in [0.15, 0.2) is 9.84 Å². The molecule has 0 saturated carbocycles.